The van der Waals surface area contributed by atoms with Crippen LogP contribution >= 0.6 is 15.9 Å². The molecule has 0 bridgehead atoms. The first-order valence-corrected chi connectivity index (χ1v) is 5.20. The van der Waals surface area contributed by atoms with E-state index in [1.807, 2.05) is 18.2 Å². The van der Waals surface area contributed by atoms with Gasteiger partial charge in [-0.1, -0.05) is 33.7 Å². The van der Waals surface area contributed by atoms with Crippen LogP contribution in [0.4, 0.5) is 0 Å². The molecule has 0 saturated carbocycles. The number of ether oxygens (including phenoxy) is 1. The van der Waals surface area contributed by atoms with E-state index in [9.17, 15) is 0 Å². The summed E-state index contributed by atoms with van der Waals surface area (Å²) in [6, 6.07) is 5.52. The van der Waals surface area contributed by atoms with Crippen LogP contribution in [0, 0.1) is 0 Å². The maximum atomic E-state index is 8.71. The zero-order valence-electron chi connectivity index (χ0n) is 8.40. The molecule has 0 amide bonds. The lowest BCUT2D eigenvalue weighted by Gasteiger charge is -2.09. The lowest BCUT2D eigenvalue weighted by molar-refractivity contribution is 0.318. The molecule has 0 radical (unpaired) electrons. The molecule has 1 N–H and O–H groups in total. The highest BCUT2D eigenvalue weighted by Gasteiger charge is 2.07. The first-order chi connectivity index (χ1) is 7.19. The van der Waals surface area contributed by atoms with Gasteiger partial charge in [-0.2, -0.15) is 0 Å². The topological polar surface area (TPSA) is 41.8 Å². The Morgan fingerprint density at radius 3 is 3.00 bits per heavy atom. The number of rotatable bonds is 4. The minimum absolute atomic E-state index is 0.419. The predicted octanol–water partition coefficient (Wildman–Crippen LogP) is 3.21. The third-order valence-electron chi connectivity index (χ3n) is 1.84. The van der Waals surface area contributed by atoms with Crippen LogP contribution in [0.5, 0.6) is 5.75 Å². The van der Waals surface area contributed by atoms with Crippen LogP contribution < -0.4 is 4.74 Å². The highest BCUT2D eigenvalue weighted by atomic mass is 79.9. The Hall–Kier alpha value is -1.29. The molecule has 0 unspecified atom stereocenters. The minimum atomic E-state index is 0.419. The second-order valence-electron chi connectivity index (χ2n) is 2.93. The van der Waals surface area contributed by atoms with Gasteiger partial charge in [-0.3, -0.25) is 0 Å². The molecule has 1 rings (SSSR count). The van der Waals surface area contributed by atoms with Crippen LogP contribution in [0.3, 0.4) is 0 Å². The van der Waals surface area contributed by atoms with E-state index in [1.165, 1.54) is 0 Å². The van der Waals surface area contributed by atoms with Crippen LogP contribution in [0.15, 0.2) is 40.5 Å². The lowest BCUT2D eigenvalue weighted by Crippen LogP contribution is -2.02. The van der Waals surface area contributed by atoms with Crippen molar-refractivity contribution >= 4 is 21.6 Å². The Bertz CT molecular complexity index is 388. The van der Waals surface area contributed by atoms with Crippen molar-refractivity contribution in [3.63, 3.8) is 0 Å². The summed E-state index contributed by atoms with van der Waals surface area (Å²) >= 11 is 3.35. The summed E-state index contributed by atoms with van der Waals surface area (Å²) in [5.41, 5.74) is 1.28. The van der Waals surface area contributed by atoms with Gasteiger partial charge in [0.05, 0.1) is 5.71 Å². The first kappa shape index (κ1) is 11.8. The molecule has 0 fully saturated rings. The fourth-order valence-electron chi connectivity index (χ4n) is 1.12. The summed E-state index contributed by atoms with van der Waals surface area (Å²) in [7, 11) is 0. The first-order valence-electron chi connectivity index (χ1n) is 4.41. The second kappa shape index (κ2) is 5.56. The van der Waals surface area contributed by atoms with Gasteiger partial charge in [0.15, 0.2) is 0 Å². The van der Waals surface area contributed by atoms with E-state index in [4.69, 9.17) is 9.94 Å². The zero-order chi connectivity index (χ0) is 11.3. The van der Waals surface area contributed by atoms with Crippen molar-refractivity contribution in [3.05, 3.63) is 40.9 Å². The molecule has 0 heterocycles. The molecule has 1 aromatic rings. The average molecular weight is 270 g/mol. The largest absolute Gasteiger partial charge is 0.489 e. The maximum Gasteiger partial charge on any atom is 0.130 e. The van der Waals surface area contributed by atoms with Crippen molar-refractivity contribution in [2.45, 2.75) is 6.92 Å². The Morgan fingerprint density at radius 1 is 1.67 bits per heavy atom. The second-order valence-corrected chi connectivity index (χ2v) is 3.84. The van der Waals surface area contributed by atoms with Gasteiger partial charge >= 0.3 is 0 Å². The Balaban J connectivity index is 3.08. The molecule has 80 valence electrons. The smallest absolute Gasteiger partial charge is 0.130 e. The number of nitrogens with zero attached hydrogens (tertiary/aromatic N) is 1. The lowest BCUT2D eigenvalue weighted by atomic mass is 10.1. The van der Waals surface area contributed by atoms with Gasteiger partial charge in [-0.25, -0.2) is 0 Å². The van der Waals surface area contributed by atoms with Crippen LogP contribution in [-0.4, -0.2) is 17.5 Å². The van der Waals surface area contributed by atoms with Gasteiger partial charge in [0.1, 0.15) is 12.4 Å². The molecule has 0 spiro atoms. The van der Waals surface area contributed by atoms with E-state index in [1.54, 1.807) is 13.0 Å². The predicted molar refractivity (Wildman–Crippen MR) is 63.8 cm³/mol. The summed E-state index contributed by atoms with van der Waals surface area (Å²) in [6.07, 6.45) is 1.66. The Morgan fingerprint density at radius 2 is 2.40 bits per heavy atom. The van der Waals surface area contributed by atoms with Gasteiger partial charge in [0.25, 0.3) is 0 Å². The van der Waals surface area contributed by atoms with E-state index >= 15 is 0 Å². The van der Waals surface area contributed by atoms with Gasteiger partial charge in [0.2, 0.25) is 0 Å². The SMILES string of the molecule is C=CCOc1cc(Br)ccc1C(C)=NO. The summed E-state index contributed by atoms with van der Waals surface area (Å²) < 4.78 is 6.36. The van der Waals surface area contributed by atoms with Gasteiger partial charge < -0.3 is 9.94 Å². The van der Waals surface area contributed by atoms with Crippen LogP contribution in [0.1, 0.15) is 12.5 Å². The van der Waals surface area contributed by atoms with Crippen molar-refractivity contribution in [3.8, 4) is 5.75 Å². The number of hydrogen-bond acceptors (Lipinski definition) is 3. The van der Waals surface area contributed by atoms with E-state index in [-0.39, 0.29) is 0 Å². The van der Waals surface area contributed by atoms with Crippen molar-refractivity contribution < 1.29 is 9.94 Å². The summed E-state index contributed by atoms with van der Waals surface area (Å²) in [5.74, 6) is 0.666. The monoisotopic (exact) mass is 269 g/mol. The molecule has 0 aliphatic carbocycles. The molecule has 3 nitrogen and oxygen atoms in total. The average Bonchev–Trinajstić information content (AvgIpc) is 2.25. The third kappa shape index (κ3) is 3.09. The van der Waals surface area contributed by atoms with Gasteiger partial charge in [0, 0.05) is 10.0 Å². The number of halogens is 1. The quantitative estimate of drug-likeness (QED) is 0.395. The molecule has 4 heteroatoms. The fraction of sp³-hybridized carbons (Fsp3) is 0.182. The van der Waals surface area contributed by atoms with E-state index in [0.717, 1.165) is 10.0 Å². The fourth-order valence-corrected chi connectivity index (χ4v) is 1.46. The van der Waals surface area contributed by atoms with Crippen molar-refractivity contribution in [1.82, 2.24) is 0 Å². The highest BCUT2D eigenvalue weighted by molar-refractivity contribution is 9.10. The molecular formula is C11H12BrNO2. The zero-order valence-corrected chi connectivity index (χ0v) is 9.99. The molecule has 0 atom stereocenters. The molecule has 0 aromatic heterocycles. The Kier molecular flexibility index (Phi) is 4.37. The van der Waals surface area contributed by atoms with Gasteiger partial charge in [-0.05, 0) is 25.1 Å². The van der Waals surface area contributed by atoms with Crippen molar-refractivity contribution in [1.29, 1.82) is 0 Å². The third-order valence-corrected chi connectivity index (χ3v) is 2.33. The van der Waals surface area contributed by atoms with Crippen LogP contribution in [0.25, 0.3) is 0 Å². The number of oxime groups is 1. The summed E-state index contributed by atoms with van der Waals surface area (Å²) in [5, 5.41) is 11.9. The summed E-state index contributed by atoms with van der Waals surface area (Å²) in [6.45, 7) is 5.71. The highest BCUT2D eigenvalue weighted by Crippen LogP contribution is 2.24. The van der Waals surface area contributed by atoms with E-state index < -0.39 is 0 Å². The molecule has 0 aliphatic heterocycles. The molecular weight excluding hydrogens is 258 g/mol. The van der Waals surface area contributed by atoms with Crippen LogP contribution in [-0.2, 0) is 0 Å². The van der Waals surface area contributed by atoms with E-state index in [0.29, 0.717) is 18.1 Å². The van der Waals surface area contributed by atoms with Crippen molar-refractivity contribution in [2.75, 3.05) is 6.61 Å². The van der Waals surface area contributed by atoms with E-state index in [2.05, 4.69) is 27.7 Å². The standard InChI is InChI=1S/C11H12BrNO2/c1-3-6-15-11-7-9(12)4-5-10(11)8(2)13-14/h3-5,7,14H,1,6H2,2H3. The number of hydrogen-bond donors (Lipinski definition) is 1. The summed E-state index contributed by atoms with van der Waals surface area (Å²) in [4.78, 5) is 0. The van der Waals surface area contributed by atoms with Gasteiger partial charge in [-0.15, -0.1) is 0 Å². The Labute approximate surface area is 97.2 Å². The normalized spacial score (nSPS) is 11.2. The van der Waals surface area contributed by atoms with Crippen LogP contribution in [0.2, 0.25) is 0 Å². The molecule has 0 aliphatic rings. The number of benzene rings is 1. The molecule has 1 aromatic carbocycles. The molecule has 15 heavy (non-hydrogen) atoms. The minimum Gasteiger partial charge on any atom is -0.489 e. The maximum absolute atomic E-state index is 8.71. The molecule has 0 saturated heterocycles. The van der Waals surface area contributed by atoms with Crippen molar-refractivity contribution in [2.24, 2.45) is 5.16 Å².